The molecule has 0 aromatic heterocycles. The van der Waals surface area contributed by atoms with Gasteiger partial charge in [0.05, 0.1) is 4.90 Å². The summed E-state index contributed by atoms with van der Waals surface area (Å²) >= 11 is 0. The number of sulfonamides is 1. The highest BCUT2D eigenvalue weighted by Crippen LogP contribution is 2.22. The molecule has 0 radical (unpaired) electrons. The van der Waals surface area contributed by atoms with Gasteiger partial charge >= 0.3 is 5.97 Å². The number of esters is 1. The van der Waals surface area contributed by atoms with Crippen molar-refractivity contribution in [2.75, 3.05) is 19.7 Å². The molecule has 0 saturated carbocycles. The van der Waals surface area contributed by atoms with Crippen LogP contribution in [0.5, 0.6) is 0 Å². The fourth-order valence-corrected chi connectivity index (χ4v) is 5.25. The monoisotopic (exact) mass is 436 g/mol. The van der Waals surface area contributed by atoms with Crippen molar-refractivity contribution in [3.05, 3.63) is 35.9 Å². The van der Waals surface area contributed by atoms with Gasteiger partial charge in [0.15, 0.2) is 6.61 Å². The summed E-state index contributed by atoms with van der Waals surface area (Å²) in [6.45, 7) is 8.14. The minimum absolute atomic E-state index is 0.154. The molecule has 0 N–H and O–H groups in total. The van der Waals surface area contributed by atoms with Crippen molar-refractivity contribution in [1.29, 1.82) is 0 Å². The molecule has 1 heterocycles. The lowest BCUT2D eigenvalue weighted by atomic mass is 9.97. The molecule has 7 nitrogen and oxygen atoms in total. The topological polar surface area (TPSA) is 84.0 Å². The number of likely N-dealkylation sites (tertiary alicyclic amines) is 1. The Bertz CT molecular complexity index is 850. The lowest BCUT2D eigenvalue weighted by molar-refractivity contribution is -0.151. The van der Waals surface area contributed by atoms with E-state index in [0.29, 0.717) is 18.7 Å². The van der Waals surface area contributed by atoms with Crippen molar-refractivity contribution in [1.82, 2.24) is 9.21 Å². The highest BCUT2D eigenvalue weighted by Gasteiger charge is 2.29. The number of benzene rings is 1. The van der Waals surface area contributed by atoms with Gasteiger partial charge in [-0.3, -0.25) is 4.79 Å². The quantitative estimate of drug-likeness (QED) is 0.462. The summed E-state index contributed by atoms with van der Waals surface area (Å²) in [5, 5.41) is 0. The van der Waals surface area contributed by atoms with E-state index in [1.165, 1.54) is 28.6 Å². The zero-order valence-corrected chi connectivity index (χ0v) is 19.0. The van der Waals surface area contributed by atoms with Crippen molar-refractivity contribution in [3.63, 3.8) is 0 Å². The van der Waals surface area contributed by atoms with Crippen LogP contribution in [0.1, 0.15) is 52.5 Å². The molecule has 8 heteroatoms. The van der Waals surface area contributed by atoms with E-state index in [0.717, 1.165) is 19.3 Å². The van der Waals surface area contributed by atoms with Gasteiger partial charge in [-0.1, -0.05) is 26.0 Å². The minimum Gasteiger partial charge on any atom is -0.452 e. The van der Waals surface area contributed by atoms with Gasteiger partial charge in [-0.05, 0) is 56.9 Å². The van der Waals surface area contributed by atoms with Gasteiger partial charge in [0.1, 0.15) is 0 Å². The van der Waals surface area contributed by atoms with E-state index in [2.05, 4.69) is 0 Å². The lowest BCUT2D eigenvalue weighted by Gasteiger charge is -2.38. The maximum Gasteiger partial charge on any atom is 0.331 e. The van der Waals surface area contributed by atoms with E-state index in [9.17, 15) is 18.0 Å². The molecule has 2 rings (SSSR count). The molecule has 1 saturated heterocycles. The Morgan fingerprint density at radius 2 is 1.67 bits per heavy atom. The Morgan fingerprint density at radius 3 is 2.20 bits per heavy atom. The fourth-order valence-electron chi connectivity index (χ4n) is 3.80. The van der Waals surface area contributed by atoms with Crippen molar-refractivity contribution in [3.8, 4) is 0 Å². The smallest absolute Gasteiger partial charge is 0.331 e. The maximum atomic E-state index is 12.5. The highest BCUT2D eigenvalue weighted by molar-refractivity contribution is 7.89. The first-order valence-electron chi connectivity index (χ1n) is 10.5. The highest BCUT2D eigenvalue weighted by atomic mass is 32.2. The molecule has 0 bridgehead atoms. The molecule has 1 aromatic carbocycles. The van der Waals surface area contributed by atoms with E-state index in [-0.39, 0.29) is 29.5 Å². The first kappa shape index (κ1) is 24.1. The SMILES string of the molecule is CCN(CC)S(=O)(=O)c1ccc(/C=C/C(=O)OCC(=O)N2C(C)CCCC2C)cc1. The van der Waals surface area contributed by atoms with Gasteiger partial charge in [0.2, 0.25) is 10.0 Å². The predicted molar refractivity (Wildman–Crippen MR) is 116 cm³/mol. The van der Waals surface area contributed by atoms with Crippen molar-refractivity contribution in [2.24, 2.45) is 0 Å². The minimum atomic E-state index is -3.51. The number of carbonyl (C=O) groups is 2. The number of carbonyl (C=O) groups excluding carboxylic acids is 2. The van der Waals surface area contributed by atoms with E-state index >= 15 is 0 Å². The molecule has 1 aromatic rings. The predicted octanol–water partition coefficient (Wildman–Crippen LogP) is 3.06. The molecule has 30 heavy (non-hydrogen) atoms. The first-order chi connectivity index (χ1) is 14.2. The number of hydrogen-bond acceptors (Lipinski definition) is 5. The molecule has 0 spiro atoms. The summed E-state index contributed by atoms with van der Waals surface area (Å²) in [6, 6.07) is 6.59. The molecule has 1 aliphatic rings. The normalized spacial score (nSPS) is 20.0. The van der Waals surface area contributed by atoms with Crippen LogP contribution in [0.25, 0.3) is 6.08 Å². The van der Waals surface area contributed by atoms with E-state index < -0.39 is 16.0 Å². The van der Waals surface area contributed by atoms with Crippen molar-refractivity contribution in [2.45, 2.75) is 63.9 Å². The first-order valence-corrected chi connectivity index (χ1v) is 11.9. The number of piperidine rings is 1. The van der Waals surface area contributed by atoms with Gasteiger partial charge in [0, 0.05) is 31.2 Å². The molecule has 2 unspecified atom stereocenters. The Kier molecular flexibility index (Phi) is 8.61. The van der Waals surface area contributed by atoms with Crippen LogP contribution >= 0.6 is 0 Å². The van der Waals surface area contributed by atoms with Gasteiger partial charge in [0.25, 0.3) is 5.91 Å². The molecular formula is C22H32N2O5S. The summed E-state index contributed by atoms with van der Waals surface area (Å²) in [6.07, 6.45) is 5.80. The Morgan fingerprint density at radius 1 is 1.10 bits per heavy atom. The van der Waals surface area contributed by atoms with Gasteiger partial charge in [-0.15, -0.1) is 0 Å². The fraction of sp³-hybridized carbons (Fsp3) is 0.545. The molecule has 1 fully saturated rings. The summed E-state index contributed by atoms with van der Waals surface area (Å²) in [4.78, 5) is 26.4. The summed E-state index contributed by atoms with van der Waals surface area (Å²) in [7, 11) is -3.51. The van der Waals surface area contributed by atoms with Crippen molar-refractivity contribution < 1.29 is 22.7 Å². The molecule has 2 atom stereocenters. The van der Waals surface area contributed by atoms with Crippen molar-refractivity contribution >= 4 is 28.0 Å². The molecule has 0 aliphatic carbocycles. The zero-order chi connectivity index (χ0) is 22.3. The third-order valence-electron chi connectivity index (χ3n) is 5.45. The average molecular weight is 437 g/mol. The zero-order valence-electron chi connectivity index (χ0n) is 18.2. The van der Waals surface area contributed by atoms with E-state index in [4.69, 9.17) is 4.74 Å². The number of hydrogen-bond donors (Lipinski definition) is 0. The van der Waals surface area contributed by atoms with E-state index in [1.807, 2.05) is 13.8 Å². The van der Waals surface area contributed by atoms with Crippen LogP contribution in [-0.4, -0.2) is 61.3 Å². The molecule has 1 amide bonds. The second kappa shape index (κ2) is 10.7. The van der Waals surface area contributed by atoms with Crippen LogP contribution in [-0.2, 0) is 24.3 Å². The maximum absolute atomic E-state index is 12.5. The third-order valence-corrected chi connectivity index (χ3v) is 7.52. The number of ether oxygens (including phenoxy) is 1. The third kappa shape index (κ3) is 5.92. The van der Waals surface area contributed by atoms with E-state index in [1.54, 1.807) is 30.9 Å². The molecule has 166 valence electrons. The van der Waals surface area contributed by atoms with Gasteiger partial charge in [-0.25, -0.2) is 13.2 Å². The van der Waals surface area contributed by atoms with Crippen LogP contribution in [0.3, 0.4) is 0 Å². The summed E-state index contributed by atoms with van der Waals surface area (Å²) < 4.78 is 31.5. The van der Waals surface area contributed by atoms with Gasteiger partial charge in [-0.2, -0.15) is 4.31 Å². The second-order valence-electron chi connectivity index (χ2n) is 7.53. The van der Waals surface area contributed by atoms with Crippen LogP contribution in [0.4, 0.5) is 0 Å². The summed E-state index contributed by atoms with van der Waals surface area (Å²) in [5.41, 5.74) is 0.662. The van der Waals surface area contributed by atoms with Crippen LogP contribution < -0.4 is 0 Å². The summed E-state index contributed by atoms with van der Waals surface area (Å²) in [5.74, 6) is -0.789. The largest absolute Gasteiger partial charge is 0.452 e. The van der Waals surface area contributed by atoms with Gasteiger partial charge < -0.3 is 9.64 Å². The lowest BCUT2D eigenvalue weighted by Crippen LogP contribution is -2.49. The second-order valence-corrected chi connectivity index (χ2v) is 9.47. The standard InChI is InChI=1S/C22H32N2O5S/c1-5-23(6-2)30(27,28)20-13-10-19(11-14-20)12-15-22(26)29-16-21(25)24-17(3)8-7-9-18(24)4/h10-15,17-18H,5-9,16H2,1-4H3/b15-12+. The molecular weight excluding hydrogens is 404 g/mol. The van der Waals surface area contributed by atoms with Crippen LogP contribution in [0, 0.1) is 0 Å². The molecule has 1 aliphatic heterocycles. The Balaban J connectivity index is 1.93. The number of rotatable bonds is 8. The van der Waals surface area contributed by atoms with Crippen LogP contribution in [0.2, 0.25) is 0 Å². The Labute approximate surface area is 179 Å². The number of amides is 1. The Hall–Kier alpha value is -2.19. The average Bonchev–Trinajstić information content (AvgIpc) is 2.71. The van der Waals surface area contributed by atoms with Crippen LogP contribution in [0.15, 0.2) is 35.2 Å². The number of nitrogens with zero attached hydrogens (tertiary/aromatic N) is 2.